The zero-order valence-electron chi connectivity index (χ0n) is 10.0. The molecule has 1 heterocycles. The molecule has 108 valence electrons. The number of aromatic nitrogens is 2. The third-order valence-electron chi connectivity index (χ3n) is 2.64. The molecule has 1 unspecified atom stereocenters. The highest BCUT2D eigenvalue weighted by Crippen LogP contribution is 2.36. The number of alkyl halides is 3. The van der Waals surface area contributed by atoms with E-state index in [9.17, 15) is 13.2 Å². The van der Waals surface area contributed by atoms with Crippen molar-refractivity contribution in [3.05, 3.63) is 33.6 Å². The third-order valence-corrected chi connectivity index (χ3v) is 3.85. The van der Waals surface area contributed by atoms with Crippen LogP contribution in [0.3, 0.4) is 0 Å². The van der Waals surface area contributed by atoms with E-state index in [0.717, 1.165) is 6.92 Å². The normalized spacial score (nSPS) is 15.2. The predicted octanol–water partition coefficient (Wildman–Crippen LogP) is 3.89. The van der Waals surface area contributed by atoms with E-state index in [-0.39, 0.29) is 5.82 Å². The smallest absolute Gasteiger partial charge is 0.337 e. The summed E-state index contributed by atoms with van der Waals surface area (Å²) in [7, 11) is 0. The highest BCUT2D eigenvalue weighted by molar-refractivity contribution is 9.10. The molecular weight excluding hydrogens is 362 g/mol. The van der Waals surface area contributed by atoms with Gasteiger partial charge in [0, 0.05) is 10.0 Å². The van der Waals surface area contributed by atoms with Crippen molar-refractivity contribution in [2.45, 2.75) is 18.6 Å². The standard InChI is InChI=1S/C11H8BrClF3N3O/c1-10(17,11(14,15)16)9-18-8(19-20-9)5-2-3-7(13)6(12)4-5/h2-4H,17H2,1H3. The molecular formula is C11H8BrClF3N3O. The van der Waals surface area contributed by atoms with Crippen LogP contribution in [-0.2, 0) is 5.54 Å². The molecule has 9 heteroatoms. The van der Waals surface area contributed by atoms with Gasteiger partial charge in [-0.15, -0.1) is 0 Å². The second-order valence-electron chi connectivity index (χ2n) is 4.25. The number of hydrogen-bond donors (Lipinski definition) is 1. The Hall–Kier alpha value is -1.12. The second-order valence-corrected chi connectivity index (χ2v) is 5.51. The van der Waals surface area contributed by atoms with Crippen molar-refractivity contribution in [1.82, 2.24) is 10.1 Å². The van der Waals surface area contributed by atoms with Crippen LogP contribution in [0.15, 0.2) is 27.2 Å². The molecule has 0 radical (unpaired) electrons. The van der Waals surface area contributed by atoms with Crippen LogP contribution in [0.5, 0.6) is 0 Å². The largest absolute Gasteiger partial charge is 0.415 e. The summed E-state index contributed by atoms with van der Waals surface area (Å²) in [5.41, 5.74) is 2.96. The van der Waals surface area contributed by atoms with E-state index in [1.165, 1.54) is 0 Å². The Morgan fingerprint density at radius 3 is 2.55 bits per heavy atom. The molecule has 0 saturated heterocycles. The second kappa shape index (κ2) is 5.01. The van der Waals surface area contributed by atoms with Gasteiger partial charge in [0.15, 0.2) is 5.54 Å². The first-order chi connectivity index (χ1) is 9.13. The van der Waals surface area contributed by atoms with Crippen molar-refractivity contribution in [3.63, 3.8) is 0 Å². The van der Waals surface area contributed by atoms with E-state index in [2.05, 4.69) is 30.6 Å². The van der Waals surface area contributed by atoms with E-state index in [1.807, 2.05) is 0 Å². The van der Waals surface area contributed by atoms with Gasteiger partial charge in [-0.05, 0) is 41.1 Å². The Morgan fingerprint density at radius 2 is 2.00 bits per heavy atom. The van der Waals surface area contributed by atoms with Gasteiger partial charge in [-0.1, -0.05) is 16.8 Å². The Balaban J connectivity index is 2.41. The molecule has 0 aliphatic rings. The lowest BCUT2D eigenvalue weighted by molar-refractivity contribution is -0.190. The van der Waals surface area contributed by atoms with Crippen LogP contribution >= 0.6 is 27.5 Å². The fraction of sp³-hybridized carbons (Fsp3) is 0.273. The number of benzene rings is 1. The van der Waals surface area contributed by atoms with Gasteiger partial charge in [0.25, 0.3) is 5.89 Å². The lowest BCUT2D eigenvalue weighted by atomic mass is 10.0. The van der Waals surface area contributed by atoms with Crippen molar-refractivity contribution in [1.29, 1.82) is 0 Å². The number of rotatable bonds is 2. The fourth-order valence-electron chi connectivity index (χ4n) is 1.31. The van der Waals surface area contributed by atoms with Crippen LogP contribution in [0.25, 0.3) is 11.4 Å². The lowest BCUT2D eigenvalue weighted by Crippen LogP contribution is -2.47. The van der Waals surface area contributed by atoms with Crippen molar-refractivity contribution < 1.29 is 17.7 Å². The van der Waals surface area contributed by atoms with Crippen LogP contribution in [0.2, 0.25) is 5.02 Å². The fourth-order valence-corrected chi connectivity index (χ4v) is 1.80. The average Bonchev–Trinajstić information content (AvgIpc) is 2.81. The lowest BCUT2D eigenvalue weighted by Gasteiger charge is -2.22. The molecule has 0 fully saturated rings. The molecule has 2 N–H and O–H groups in total. The van der Waals surface area contributed by atoms with E-state index in [4.69, 9.17) is 17.3 Å². The summed E-state index contributed by atoms with van der Waals surface area (Å²) in [5, 5.41) is 3.96. The van der Waals surface area contributed by atoms with E-state index in [1.54, 1.807) is 18.2 Å². The quantitative estimate of drug-likeness (QED) is 0.871. The van der Waals surface area contributed by atoms with Crippen molar-refractivity contribution >= 4 is 27.5 Å². The number of halogens is 5. The minimum absolute atomic E-state index is 0.00158. The minimum Gasteiger partial charge on any atom is -0.337 e. The van der Waals surface area contributed by atoms with Gasteiger partial charge in [-0.3, -0.25) is 0 Å². The summed E-state index contributed by atoms with van der Waals surface area (Å²) in [6.45, 7) is 0.766. The van der Waals surface area contributed by atoms with Crippen LogP contribution in [0.1, 0.15) is 12.8 Å². The van der Waals surface area contributed by atoms with Gasteiger partial charge in [-0.25, -0.2) is 0 Å². The summed E-state index contributed by atoms with van der Waals surface area (Å²) in [4.78, 5) is 3.70. The molecule has 2 aromatic rings. The van der Waals surface area contributed by atoms with Gasteiger partial charge in [0.2, 0.25) is 5.82 Å². The first-order valence-electron chi connectivity index (χ1n) is 5.28. The van der Waals surface area contributed by atoms with Crippen molar-refractivity contribution in [3.8, 4) is 11.4 Å². The maximum Gasteiger partial charge on any atom is 0.415 e. The first kappa shape index (κ1) is 15.3. The molecule has 0 spiro atoms. The molecule has 1 aromatic carbocycles. The van der Waals surface area contributed by atoms with Gasteiger partial charge >= 0.3 is 6.18 Å². The molecule has 20 heavy (non-hydrogen) atoms. The number of nitrogens with zero attached hydrogens (tertiary/aromatic N) is 2. The molecule has 0 saturated carbocycles. The molecule has 0 aliphatic carbocycles. The maximum atomic E-state index is 12.8. The van der Waals surface area contributed by atoms with Crippen LogP contribution in [0, 0.1) is 0 Å². The van der Waals surface area contributed by atoms with Gasteiger partial charge in [0.05, 0.1) is 5.02 Å². The van der Waals surface area contributed by atoms with Gasteiger partial charge in [-0.2, -0.15) is 18.2 Å². The summed E-state index contributed by atoms with van der Waals surface area (Å²) in [6.07, 6.45) is -4.70. The zero-order valence-corrected chi connectivity index (χ0v) is 12.3. The summed E-state index contributed by atoms with van der Waals surface area (Å²) in [5.74, 6) is -0.704. The molecule has 1 aromatic heterocycles. The van der Waals surface area contributed by atoms with Crippen LogP contribution in [0.4, 0.5) is 13.2 Å². The van der Waals surface area contributed by atoms with E-state index < -0.39 is 17.6 Å². The number of hydrogen-bond acceptors (Lipinski definition) is 4. The SMILES string of the molecule is CC(N)(c1nc(-c2ccc(Cl)c(Br)c2)no1)C(F)(F)F. The molecule has 4 nitrogen and oxygen atoms in total. The highest BCUT2D eigenvalue weighted by Gasteiger charge is 2.53. The van der Waals surface area contributed by atoms with E-state index >= 15 is 0 Å². The Kier molecular flexibility index (Phi) is 3.83. The van der Waals surface area contributed by atoms with Gasteiger partial charge < -0.3 is 10.3 Å². The minimum atomic E-state index is -4.70. The average molecular weight is 371 g/mol. The maximum absolute atomic E-state index is 12.8. The summed E-state index contributed by atoms with van der Waals surface area (Å²) in [6, 6.07) is 4.68. The van der Waals surface area contributed by atoms with Crippen molar-refractivity contribution in [2.75, 3.05) is 0 Å². The summed E-state index contributed by atoms with van der Waals surface area (Å²) < 4.78 is 43.5. The molecule has 1 atom stereocenters. The monoisotopic (exact) mass is 369 g/mol. The highest BCUT2D eigenvalue weighted by atomic mass is 79.9. The van der Waals surface area contributed by atoms with E-state index in [0.29, 0.717) is 15.1 Å². The molecule has 0 amide bonds. The first-order valence-corrected chi connectivity index (χ1v) is 6.45. The Morgan fingerprint density at radius 1 is 1.35 bits per heavy atom. The predicted molar refractivity (Wildman–Crippen MR) is 70.0 cm³/mol. The van der Waals surface area contributed by atoms with Crippen LogP contribution < -0.4 is 5.73 Å². The van der Waals surface area contributed by atoms with Crippen LogP contribution in [-0.4, -0.2) is 16.3 Å². The van der Waals surface area contributed by atoms with Crippen molar-refractivity contribution in [2.24, 2.45) is 5.73 Å². The molecule has 0 bridgehead atoms. The zero-order chi connectivity index (χ0) is 15.1. The Bertz CT molecular complexity index is 642. The summed E-state index contributed by atoms with van der Waals surface area (Å²) >= 11 is 9.02. The third kappa shape index (κ3) is 2.68. The molecule has 0 aliphatic heterocycles. The number of nitrogens with two attached hydrogens (primary N) is 1. The topological polar surface area (TPSA) is 64.9 Å². The Labute approximate surface area is 125 Å². The van der Waals surface area contributed by atoms with Gasteiger partial charge in [0.1, 0.15) is 0 Å². The molecule has 2 rings (SSSR count).